The predicted molar refractivity (Wildman–Crippen MR) is 34.2 cm³/mol. The van der Waals surface area contributed by atoms with Crippen LogP contribution in [0, 0.1) is 0 Å². The van der Waals surface area contributed by atoms with Crippen LogP contribution in [-0.2, 0) is 17.1 Å². The van der Waals surface area contributed by atoms with Crippen molar-refractivity contribution >= 4 is 69.8 Å². The molecule has 0 aliphatic carbocycles. The van der Waals surface area contributed by atoms with Crippen molar-refractivity contribution in [1.82, 2.24) is 0 Å². The molecule has 0 unspecified atom stereocenters. The maximum Gasteiger partial charge on any atom is 2.00 e. The average Bonchev–Trinajstić information content (AvgIpc) is 0.722. The van der Waals surface area contributed by atoms with Crippen LogP contribution in [0.3, 0.4) is 0 Å². The first kappa shape index (κ1) is 30.0. The van der Waals surface area contributed by atoms with Gasteiger partial charge in [-0.25, -0.2) is 0 Å². The molecule has 5 nitrogen and oxygen atoms in total. The van der Waals surface area contributed by atoms with Crippen LogP contribution in [0.15, 0.2) is 0 Å². The van der Waals surface area contributed by atoms with E-state index in [9.17, 15) is 0 Å². The van der Waals surface area contributed by atoms with Gasteiger partial charge in [-0.2, -0.15) is 0 Å². The molecule has 0 aliphatic heterocycles. The fraction of sp³-hybridized carbons (Fsp3) is 0. The van der Waals surface area contributed by atoms with Crippen molar-refractivity contribution in [3.8, 4) is 0 Å². The zero-order valence-corrected chi connectivity index (χ0v) is 10.3. The first-order valence-corrected chi connectivity index (χ1v) is 2.68. The van der Waals surface area contributed by atoms with Gasteiger partial charge < -0.3 is 30.4 Å². The fourth-order valence-corrected chi connectivity index (χ4v) is 0. The van der Waals surface area contributed by atoms with E-state index in [0.29, 0.717) is 0 Å². The normalized spacial score (nSPS) is 6.67. The Morgan fingerprint density at radius 2 is 1.00 bits per heavy atom. The summed E-state index contributed by atoms with van der Waals surface area (Å²) in [7, 11) is -4.61. The second-order valence-electron chi connectivity index (χ2n) is 0.600. The predicted octanol–water partition coefficient (Wildman–Crippen LogP) is -3.75. The largest absolute Gasteiger partial charge is 2.00 e. The minimum Gasteiger partial charge on any atom is -1.00 e. The van der Waals surface area contributed by atoms with Crippen molar-refractivity contribution in [2.45, 2.75) is 0 Å². The summed E-state index contributed by atoms with van der Waals surface area (Å²) in [4.78, 5) is 29.3. The molecule has 0 aromatic carbocycles. The van der Waals surface area contributed by atoms with Crippen molar-refractivity contribution in [3.63, 3.8) is 0 Å². The second-order valence-corrected chi connectivity index (χ2v) is 1.80. The topological polar surface area (TPSA) is 112 Å². The van der Waals surface area contributed by atoms with Crippen LogP contribution < -0.4 is 0 Å². The van der Waals surface area contributed by atoms with Gasteiger partial charge in [-0.15, -0.1) is 0 Å². The van der Waals surface area contributed by atoms with E-state index in [1.807, 2.05) is 0 Å². The maximum absolute atomic E-state index is 7.33. The standard InChI is InChI=1S/Ca.Fe.Mg.H4O4Si.H2O.4H/c;;;1-5(2,3)4;;;;;/h;;;1-4H;1H2;;;;/q+2;;+2;;;4*-1. The molecule has 0 bridgehead atoms. The Hall–Kier alpha value is 2.56. The number of hydrogen-bond acceptors (Lipinski definition) is 4. The van der Waals surface area contributed by atoms with E-state index in [-0.39, 0.29) is 89.0 Å². The van der Waals surface area contributed by atoms with Crippen LogP contribution in [0.1, 0.15) is 5.71 Å². The Morgan fingerprint density at radius 1 is 1.00 bits per heavy atom. The molecule has 0 aromatic rings. The summed E-state index contributed by atoms with van der Waals surface area (Å²) in [6, 6.07) is 0. The van der Waals surface area contributed by atoms with Gasteiger partial charge in [-0.3, -0.25) is 0 Å². The van der Waals surface area contributed by atoms with Crippen LogP contribution in [0.5, 0.6) is 0 Å². The van der Waals surface area contributed by atoms with Gasteiger partial charge >= 0.3 is 69.8 Å². The van der Waals surface area contributed by atoms with Crippen molar-refractivity contribution in [2.24, 2.45) is 0 Å². The molecule has 0 atom stereocenters. The molecule has 0 saturated heterocycles. The summed E-state index contributed by atoms with van der Waals surface area (Å²) in [5.74, 6) is 0. The van der Waals surface area contributed by atoms with E-state index in [2.05, 4.69) is 0 Å². The molecule has 0 spiro atoms. The molecule has 9 heavy (non-hydrogen) atoms. The van der Waals surface area contributed by atoms with Crippen molar-refractivity contribution < 1.29 is 47.4 Å². The van der Waals surface area contributed by atoms with E-state index in [1.165, 1.54) is 0 Å². The van der Waals surface area contributed by atoms with Gasteiger partial charge in [0.1, 0.15) is 0 Å². The SMILES string of the molecule is O.O[Si](O)(O)O.[Ca+2].[Fe].[H-].[H-].[H-].[H-].[Mg+2]. The minimum absolute atomic E-state index is 0. The molecule has 0 aromatic heterocycles. The molecule has 0 heterocycles. The molecule has 0 fully saturated rings. The molecule has 0 amide bonds. The monoisotopic (exact) mass is 238 g/mol. The summed E-state index contributed by atoms with van der Waals surface area (Å²) < 4.78 is 0. The Morgan fingerprint density at radius 3 is 1.00 bits per heavy atom. The quantitative estimate of drug-likeness (QED) is 0.325. The summed E-state index contributed by atoms with van der Waals surface area (Å²) in [5.41, 5.74) is 0. The van der Waals surface area contributed by atoms with Gasteiger partial charge in [0.2, 0.25) is 0 Å². The van der Waals surface area contributed by atoms with Crippen LogP contribution in [0.25, 0.3) is 0 Å². The summed E-state index contributed by atoms with van der Waals surface area (Å²) in [6.07, 6.45) is 0. The average molecular weight is 238 g/mol. The Labute approximate surface area is 116 Å². The van der Waals surface area contributed by atoms with Crippen molar-refractivity contribution in [1.29, 1.82) is 0 Å². The first-order valence-electron chi connectivity index (χ1n) is 0.894. The first-order chi connectivity index (χ1) is 2.00. The fourth-order valence-electron chi connectivity index (χ4n) is 0. The molecular weight excluding hydrogens is 228 g/mol. The zero-order chi connectivity index (χ0) is 4.50. The minimum atomic E-state index is -4.61. The molecule has 0 radical (unpaired) electrons. The van der Waals surface area contributed by atoms with Crippen LogP contribution in [0.4, 0.5) is 0 Å². The van der Waals surface area contributed by atoms with E-state index in [1.54, 1.807) is 0 Å². The smallest absolute Gasteiger partial charge is 1.00 e. The van der Waals surface area contributed by atoms with Crippen molar-refractivity contribution in [2.75, 3.05) is 0 Å². The Bertz CT molecular complexity index is 44.0. The number of rotatable bonds is 0. The third kappa shape index (κ3) is 118. The summed E-state index contributed by atoms with van der Waals surface area (Å²) in [6.45, 7) is 0. The molecule has 0 aliphatic rings. The van der Waals surface area contributed by atoms with E-state index < -0.39 is 9.05 Å². The van der Waals surface area contributed by atoms with Gasteiger partial charge in [0.05, 0.1) is 0 Å². The van der Waals surface area contributed by atoms with E-state index >= 15 is 0 Å². The molecule has 9 heteroatoms. The third-order valence-electron chi connectivity index (χ3n) is 0. The van der Waals surface area contributed by atoms with Gasteiger partial charge in [0.25, 0.3) is 0 Å². The summed E-state index contributed by atoms with van der Waals surface area (Å²) >= 11 is 0. The van der Waals surface area contributed by atoms with E-state index in [0.717, 1.165) is 0 Å². The molecule has 0 rings (SSSR count). The van der Waals surface area contributed by atoms with E-state index in [4.69, 9.17) is 19.2 Å². The Kier molecular flexibility index (Phi) is 43.8. The third-order valence-corrected chi connectivity index (χ3v) is 0. The molecule has 0 saturated carbocycles. The van der Waals surface area contributed by atoms with Crippen molar-refractivity contribution in [3.05, 3.63) is 0 Å². The zero-order valence-electron chi connectivity index (χ0n) is 8.56. The van der Waals surface area contributed by atoms with Crippen LogP contribution in [0.2, 0.25) is 0 Å². The van der Waals surface area contributed by atoms with Gasteiger partial charge in [-0.05, 0) is 0 Å². The van der Waals surface area contributed by atoms with Crippen LogP contribution in [-0.4, -0.2) is 94.5 Å². The van der Waals surface area contributed by atoms with Crippen LogP contribution >= 0.6 is 0 Å². The summed E-state index contributed by atoms with van der Waals surface area (Å²) in [5, 5.41) is 0. The number of hydrogen-bond donors (Lipinski definition) is 4. The molecular formula is H10CaFeMgO5Si. The second kappa shape index (κ2) is 13.2. The molecule has 56 valence electrons. The van der Waals surface area contributed by atoms with Gasteiger partial charge in [0.15, 0.2) is 0 Å². The Balaban J connectivity index is -0.00000000286. The van der Waals surface area contributed by atoms with Gasteiger partial charge in [-0.1, -0.05) is 0 Å². The van der Waals surface area contributed by atoms with Gasteiger partial charge in [0, 0.05) is 17.1 Å². The maximum atomic E-state index is 7.33. The molecule has 6 N–H and O–H groups in total.